The number of rotatable bonds is 8. The van der Waals surface area contributed by atoms with Crippen LogP contribution in [-0.2, 0) is 0 Å². The van der Waals surface area contributed by atoms with Gasteiger partial charge in [0.15, 0.2) is 0 Å². The van der Waals surface area contributed by atoms with Crippen LogP contribution in [0.1, 0.15) is 24.9 Å². The average molecular weight is 994 g/mol. The molecule has 0 bridgehead atoms. The summed E-state index contributed by atoms with van der Waals surface area (Å²) < 4.78 is 46.7. The van der Waals surface area contributed by atoms with Crippen LogP contribution in [0, 0.1) is 11.8 Å². The normalized spacial score (nSPS) is 23.6. The van der Waals surface area contributed by atoms with Crippen LogP contribution in [0.2, 0.25) is 5.15 Å². The summed E-state index contributed by atoms with van der Waals surface area (Å²) in [7, 11) is 0. The Morgan fingerprint density at radius 2 is 1.11 bits per heavy atom. The van der Waals surface area contributed by atoms with Crippen LogP contribution in [0.4, 0.5) is 26.2 Å². The van der Waals surface area contributed by atoms with Crippen LogP contribution >= 0.6 is 43.5 Å². The Bertz CT molecular complexity index is 2770. The highest BCUT2D eigenvalue weighted by Crippen LogP contribution is 2.42. The molecule has 8 atom stereocenters. The summed E-state index contributed by atoms with van der Waals surface area (Å²) >= 11 is 12.8. The molecule has 0 aliphatic heterocycles. The van der Waals surface area contributed by atoms with Crippen molar-refractivity contribution in [3.63, 3.8) is 0 Å². The number of aromatic nitrogens is 8. The number of fused-ring (bicyclic) bond motifs is 4. The quantitative estimate of drug-likeness (QED) is 0.0929. The molecule has 8 N–H and O–H groups in total. The fraction of sp³-hybridized carbons (Fsp3) is 0.286. The number of aliphatic hydroxyl groups is 2. The van der Waals surface area contributed by atoms with Crippen LogP contribution in [-0.4, -0.2) is 87.0 Å². The number of anilines is 3. The molecule has 8 aromatic rings. The first-order chi connectivity index (χ1) is 29.8. The van der Waals surface area contributed by atoms with Crippen LogP contribution in [0.25, 0.3) is 43.9 Å². The highest BCUT2D eigenvalue weighted by atomic mass is 79.9. The van der Waals surface area contributed by atoms with Gasteiger partial charge < -0.3 is 46.0 Å². The van der Waals surface area contributed by atoms with E-state index in [0.29, 0.717) is 80.0 Å². The summed E-state index contributed by atoms with van der Waals surface area (Å²) in [6, 6.07) is 17.1. The highest BCUT2D eigenvalue weighted by molar-refractivity contribution is 9.11. The lowest BCUT2D eigenvalue weighted by molar-refractivity contribution is 0.0440. The van der Waals surface area contributed by atoms with Gasteiger partial charge in [0.1, 0.15) is 70.4 Å². The molecule has 20 heteroatoms. The van der Waals surface area contributed by atoms with Gasteiger partial charge >= 0.3 is 0 Å². The van der Waals surface area contributed by atoms with Crippen LogP contribution in [0.5, 0.6) is 11.5 Å². The number of benzene rings is 2. The fourth-order valence-corrected chi connectivity index (χ4v) is 9.19. The summed E-state index contributed by atoms with van der Waals surface area (Å²) in [5.41, 5.74) is 20.1. The van der Waals surface area contributed by atoms with Crippen molar-refractivity contribution in [2.75, 3.05) is 30.4 Å². The second kappa shape index (κ2) is 17.0. The zero-order valence-electron chi connectivity index (χ0n) is 32.4. The molecular weight excluding hydrogens is 956 g/mol. The number of hydrogen-bond acceptors (Lipinski definition) is 13. The Kier molecular flexibility index (Phi) is 11.5. The van der Waals surface area contributed by atoms with Crippen LogP contribution < -0.4 is 26.7 Å². The molecule has 2 saturated carbocycles. The Balaban J connectivity index is 0.000000158. The van der Waals surface area contributed by atoms with Gasteiger partial charge in [0, 0.05) is 47.1 Å². The molecule has 2 aliphatic rings. The van der Waals surface area contributed by atoms with Crippen molar-refractivity contribution >= 4 is 105 Å². The standard InChI is InChI=1S/C21H18BrClFN5O2.C21H20BrFN6O2/c22-14-5-10-1-2-12(7-15(10)28-20(14)25)31-8-11-6-16(17(24)18(11)30)29-4-3-13-19(23)26-9-27-21(13)29;22-14-5-10-1-2-12(7-15(10)28-20(14)25)31-8-11-6-16(17(23)18(11)30)29-4-3-13-19(24)26-9-27-21(13)29/h1-5,7,9,11,16-18,30H,6,8H2,(H2,25,28);1-5,7,9,11,16-18,30H,6,8H2,(H2,25,28)(H2,24,26,27)/t2*11-,16-,17+,18-/m11/s1. The lowest BCUT2D eigenvalue weighted by Crippen LogP contribution is -2.28. The van der Waals surface area contributed by atoms with E-state index in [1.54, 1.807) is 45.8 Å². The zero-order chi connectivity index (χ0) is 43.4. The minimum Gasteiger partial charge on any atom is -0.493 e. The maximum Gasteiger partial charge on any atom is 0.147 e. The van der Waals surface area contributed by atoms with Gasteiger partial charge in [0.05, 0.1) is 68.3 Å². The monoisotopic (exact) mass is 991 g/mol. The van der Waals surface area contributed by atoms with E-state index < -0.39 is 36.6 Å². The lowest BCUT2D eigenvalue weighted by atomic mass is 10.1. The van der Waals surface area contributed by atoms with Gasteiger partial charge in [0.25, 0.3) is 0 Å². The number of nitrogen functional groups attached to an aromatic ring is 3. The van der Waals surface area contributed by atoms with E-state index in [1.165, 1.54) is 12.7 Å². The van der Waals surface area contributed by atoms with Gasteiger partial charge in [-0.15, -0.1) is 0 Å². The van der Waals surface area contributed by atoms with E-state index in [4.69, 9.17) is 38.3 Å². The number of hydrogen-bond donors (Lipinski definition) is 5. The topological polar surface area (TPSA) is 224 Å². The fourth-order valence-electron chi connectivity index (χ4n) is 8.33. The van der Waals surface area contributed by atoms with E-state index in [9.17, 15) is 10.2 Å². The molecule has 10 rings (SSSR count). The molecule has 6 heterocycles. The van der Waals surface area contributed by atoms with E-state index in [0.717, 1.165) is 19.7 Å². The smallest absolute Gasteiger partial charge is 0.147 e. The van der Waals surface area contributed by atoms with Crippen molar-refractivity contribution in [3.8, 4) is 11.5 Å². The first-order valence-electron chi connectivity index (χ1n) is 19.5. The second-order valence-electron chi connectivity index (χ2n) is 15.4. The number of pyridine rings is 2. The first kappa shape index (κ1) is 41.9. The predicted molar refractivity (Wildman–Crippen MR) is 239 cm³/mol. The van der Waals surface area contributed by atoms with Crippen molar-refractivity contribution in [2.24, 2.45) is 11.8 Å². The predicted octanol–water partition coefficient (Wildman–Crippen LogP) is 7.56. The van der Waals surface area contributed by atoms with Crippen molar-refractivity contribution in [2.45, 2.75) is 49.5 Å². The van der Waals surface area contributed by atoms with Crippen LogP contribution in [0.15, 0.2) is 94.7 Å². The van der Waals surface area contributed by atoms with Gasteiger partial charge in [-0.1, -0.05) is 11.6 Å². The Labute approximate surface area is 373 Å². The maximum absolute atomic E-state index is 15.0. The third-order valence-corrected chi connectivity index (χ3v) is 13.2. The van der Waals surface area contributed by atoms with Gasteiger partial charge in [0.2, 0.25) is 0 Å². The molecule has 0 unspecified atom stereocenters. The third kappa shape index (κ3) is 7.91. The largest absolute Gasteiger partial charge is 0.493 e. The van der Waals surface area contributed by atoms with Gasteiger partial charge in [-0.25, -0.2) is 38.7 Å². The van der Waals surface area contributed by atoms with Gasteiger partial charge in [-0.3, -0.25) is 0 Å². The molecule has 2 aliphatic carbocycles. The zero-order valence-corrected chi connectivity index (χ0v) is 36.4. The van der Waals surface area contributed by atoms with Crippen molar-refractivity contribution in [3.05, 3.63) is 99.8 Å². The number of nitrogens with two attached hydrogens (primary N) is 3. The molecule has 2 fully saturated rings. The highest BCUT2D eigenvalue weighted by Gasteiger charge is 2.46. The molecule has 2 aromatic carbocycles. The minimum atomic E-state index is -1.45. The molecule has 0 radical (unpaired) electrons. The minimum absolute atomic E-state index is 0.171. The number of nitrogens with zero attached hydrogens (tertiary/aromatic N) is 8. The van der Waals surface area contributed by atoms with Crippen molar-refractivity contribution in [1.29, 1.82) is 0 Å². The summed E-state index contributed by atoms with van der Waals surface area (Å²) in [5, 5.41) is 24.5. The molecule has 0 spiro atoms. The second-order valence-corrected chi connectivity index (χ2v) is 17.4. The lowest BCUT2D eigenvalue weighted by Gasteiger charge is -2.17. The molecule has 0 amide bonds. The van der Waals surface area contributed by atoms with E-state index in [2.05, 4.69) is 61.8 Å². The van der Waals surface area contributed by atoms with Gasteiger partial charge in [-0.2, -0.15) is 0 Å². The number of halogens is 5. The van der Waals surface area contributed by atoms with E-state index >= 15 is 8.78 Å². The Hall–Kier alpha value is -5.47. The average Bonchev–Trinajstić information content (AvgIpc) is 4.02. The Morgan fingerprint density at radius 1 is 0.645 bits per heavy atom. The van der Waals surface area contributed by atoms with Crippen molar-refractivity contribution in [1.82, 2.24) is 39.0 Å². The first-order valence-corrected chi connectivity index (χ1v) is 21.5. The molecule has 6 aromatic heterocycles. The van der Waals surface area contributed by atoms with E-state index in [1.807, 2.05) is 36.4 Å². The molecule has 0 saturated heterocycles. The number of aliphatic hydroxyl groups excluding tert-OH is 2. The molecular formula is C42H38Br2ClF2N11O4. The number of alkyl halides is 2. The van der Waals surface area contributed by atoms with Crippen LogP contribution in [0.3, 0.4) is 0 Å². The molecule has 15 nitrogen and oxygen atoms in total. The summed E-state index contributed by atoms with van der Waals surface area (Å²) in [6.07, 6.45) is 1.78. The summed E-state index contributed by atoms with van der Waals surface area (Å²) in [5.74, 6) is 1.53. The number of ether oxygens (including phenoxy) is 2. The molecule has 62 heavy (non-hydrogen) atoms. The summed E-state index contributed by atoms with van der Waals surface area (Å²) in [6.45, 7) is 0.344. The molecule has 320 valence electrons. The van der Waals surface area contributed by atoms with Crippen molar-refractivity contribution < 1.29 is 28.5 Å². The van der Waals surface area contributed by atoms with Gasteiger partial charge in [-0.05, 0) is 93.2 Å². The van der Waals surface area contributed by atoms with E-state index in [-0.39, 0.29) is 25.0 Å². The summed E-state index contributed by atoms with van der Waals surface area (Å²) in [4.78, 5) is 25.1. The SMILES string of the molecule is Nc1nc2cc(OC[C@H]3C[C@@H](n4ccc5c(Cl)ncnc54)[C@H](F)[C@@H]3O)ccc2cc1Br.Nc1nc2cc(OC[C@H]3C[C@@H](n4ccc5c(N)ncnc54)[C@H](F)[C@@H]3O)ccc2cc1Br. The Morgan fingerprint density at radius 3 is 1.63 bits per heavy atom. The third-order valence-electron chi connectivity index (χ3n) is 11.6. The maximum atomic E-state index is 15.0.